The maximum Gasteiger partial charge on any atom is 0.230 e. The van der Waals surface area contributed by atoms with Crippen LogP contribution in [0.1, 0.15) is 11.1 Å². The summed E-state index contributed by atoms with van der Waals surface area (Å²) in [5.41, 5.74) is 9.70. The fourth-order valence-electron chi connectivity index (χ4n) is 2.17. The van der Waals surface area contributed by atoms with Crippen molar-refractivity contribution in [1.29, 1.82) is 0 Å². The first-order valence-electron chi connectivity index (χ1n) is 6.90. The van der Waals surface area contributed by atoms with Gasteiger partial charge in [0.1, 0.15) is 6.33 Å². The Bertz CT molecular complexity index is 794. The van der Waals surface area contributed by atoms with Gasteiger partial charge < -0.3 is 11.1 Å². The molecule has 2 heterocycles. The zero-order valence-electron chi connectivity index (χ0n) is 12.5. The maximum atomic E-state index is 5.69. The van der Waals surface area contributed by atoms with Gasteiger partial charge in [-0.05, 0) is 24.1 Å². The summed E-state index contributed by atoms with van der Waals surface area (Å²) in [4.78, 5) is 12.8. The van der Waals surface area contributed by atoms with Gasteiger partial charge in [-0.15, -0.1) is 0 Å². The van der Waals surface area contributed by atoms with Crippen molar-refractivity contribution in [2.75, 3.05) is 5.32 Å². The molecule has 0 aliphatic heterocycles. The number of aromatic nitrogens is 5. The van der Waals surface area contributed by atoms with Crippen molar-refractivity contribution in [2.24, 2.45) is 12.8 Å². The number of nitrogens with one attached hydrogen (secondary N) is 1. The van der Waals surface area contributed by atoms with Crippen molar-refractivity contribution in [1.82, 2.24) is 24.7 Å². The third-order valence-corrected chi connectivity index (χ3v) is 3.35. The monoisotopic (exact) mass is 295 g/mol. The average molecular weight is 295 g/mol. The SMILES string of the molecule is Cc1cc(-c2ncnc(Nc3cnn(C)c3)n2)ccc1CN. The van der Waals surface area contributed by atoms with Crippen LogP contribution >= 0.6 is 0 Å². The van der Waals surface area contributed by atoms with Crippen molar-refractivity contribution in [3.63, 3.8) is 0 Å². The van der Waals surface area contributed by atoms with Crippen LogP contribution in [0.4, 0.5) is 11.6 Å². The summed E-state index contributed by atoms with van der Waals surface area (Å²) in [6.07, 6.45) is 5.06. The molecule has 0 unspecified atom stereocenters. The molecular weight excluding hydrogens is 278 g/mol. The summed E-state index contributed by atoms with van der Waals surface area (Å²) in [6, 6.07) is 6.01. The van der Waals surface area contributed by atoms with Gasteiger partial charge in [0.2, 0.25) is 5.95 Å². The lowest BCUT2D eigenvalue weighted by atomic mass is 10.0. The van der Waals surface area contributed by atoms with Gasteiger partial charge in [0, 0.05) is 25.4 Å². The van der Waals surface area contributed by atoms with Crippen LogP contribution in [0.2, 0.25) is 0 Å². The molecule has 7 nitrogen and oxygen atoms in total. The Hall–Kier alpha value is -2.80. The molecule has 0 aliphatic rings. The molecule has 0 radical (unpaired) electrons. The Labute approximate surface area is 128 Å². The first-order chi connectivity index (χ1) is 10.7. The molecule has 0 fully saturated rings. The summed E-state index contributed by atoms with van der Waals surface area (Å²) in [7, 11) is 1.85. The Balaban J connectivity index is 1.89. The lowest BCUT2D eigenvalue weighted by Gasteiger charge is -2.07. The molecule has 0 atom stereocenters. The van der Waals surface area contributed by atoms with E-state index in [0.29, 0.717) is 18.3 Å². The second-order valence-corrected chi connectivity index (χ2v) is 5.01. The van der Waals surface area contributed by atoms with E-state index in [1.54, 1.807) is 10.9 Å². The molecule has 3 aromatic rings. The quantitative estimate of drug-likeness (QED) is 0.762. The van der Waals surface area contributed by atoms with Crippen LogP contribution in [0, 0.1) is 6.92 Å². The van der Waals surface area contributed by atoms with E-state index in [0.717, 1.165) is 22.4 Å². The topological polar surface area (TPSA) is 94.5 Å². The van der Waals surface area contributed by atoms with Gasteiger partial charge in [-0.25, -0.2) is 9.97 Å². The lowest BCUT2D eigenvalue weighted by Crippen LogP contribution is -2.01. The molecule has 7 heteroatoms. The van der Waals surface area contributed by atoms with Crippen LogP contribution < -0.4 is 11.1 Å². The van der Waals surface area contributed by atoms with E-state index in [1.165, 1.54) is 6.33 Å². The molecule has 22 heavy (non-hydrogen) atoms. The van der Waals surface area contributed by atoms with Crippen LogP contribution in [0.5, 0.6) is 0 Å². The predicted octanol–water partition coefficient (Wildman–Crippen LogP) is 1.78. The van der Waals surface area contributed by atoms with Gasteiger partial charge in [0.05, 0.1) is 11.9 Å². The third kappa shape index (κ3) is 2.94. The van der Waals surface area contributed by atoms with Crippen LogP contribution in [0.25, 0.3) is 11.4 Å². The summed E-state index contributed by atoms with van der Waals surface area (Å²) in [6.45, 7) is 2.55. The summed E-state index contributed by atoms with van der Waals surface area (Å²) >= 11 is 0. The number of rotatable bonds is 4. The molecule has 1 aromatic carbocycles. The van der Waals surface area contributed by atoms with E-state index in [-0.39, 0.29) is 0 Å². The molecule has 3 N–H and O–H groups in total. The highest BCUT2D eigenvalue weighted by Crippen LogP contribution is 2.20. The predicted molar refractivity (Wildman–Crippen MR) is 84.4 cm³/mol. The Morgan fingerprint density at radius 3 is 2.82 bits per heavy atom. The zero-order valence-corrected chi connectivity index (χ0v) is 12.5. The third-order valence-electron chi connectivity index (χ3n) is 3.35. The molecule has 112 valence electrons. The summed E-state index contributed by atoms with van der Waals surface area (Å²) < 4.78 is 1.71. The van der Waals surface area contributed by atoms with E-state index in [2.05, 4.69) is 25.4 Å². The van der Waals surface area contributed by atoms with Crippen molar-refractivity contribution in [3.8, 4) is 11.4 Å². The van der Waals surface area contributed by atoms with Crippen molar-refractivity contribution in [2.45, 2.75) is 13.5 Å². The maximum absolute atomic E-state index is 5.69. The number of benzene rings is 1. The highest BCUT2D eigenvalue weighted by atomic mass is 15.3. The first kappa shape index (κ1) is 14.2. The minimum Gasteiger partial charge on any atom is -0.326 e. The molecular formula is C15H17N7. The Morgan fingerprint density at radius 1 is 1.27 bits per heavy atom. The van der Waals surface area contributed by atoms with E-state index in [9.17, 15) is 0 Å². The normalized spacial score (nSPS) is 10.7. The molecule has 2 aromatic heterocycles. The van der Waals surface area contributed by atoms with Crippen LogP contribution in [-0.2, 0) is 13.6 Å². The van der Waals surface area contributed by atoms with E-state index in [4.69, 9.17) is 5.73 Å². The molecule has 0 bridgehead atoms. The molecule has 0 aliphatic carbocycles. The smallest absolute Gasteiger partial charge is 0.230 e. The highest BCUT2D eigenvalue weighted by molar-refractivity contribution is 5.59. The van der Waals surface area contributed by atoms with Crippen LogP contribution in [0.3, 0.4) is 0 Å². The molecule has 0 saturated heterocycles. The Morgan fingerprint density at radius 2 is 2.14 bits per heavy atom. The summed E-state index contributed by atoms with van der Waals surface area (Å²) in [5.74, 6) is 1.10. The number of nitrogens with two attached hydrogens (primary N) is 1. The minimum atomic E-state index is 0.485. The van der Waals surface area contributed by atoms with Gasteiger partial charge >= 0.3 is 0 Å². The number of nitrogens with zero attached hydrogens (tertiary/aromatic N) is 5. The second kappa shape index (κ2) is 5.90. The standard InChI is InChI=1S/C15H17N7/c1-10-5-11(3-4-12(10)6-16)14-17-9-18-15(21-14)20-13-7-19-22(2)8-13/h3-5,7-9H,6,16H2,1-2H3,(H,17,18,20,21). The molecule has 0 saturated carbocycles. The number of hydrogen-bond donors (Lipinski definition) is 2. The molecule has 0 amide bonds. The van der Waals surface area contributed by atoms with Gasteiger partial charge in [-0.2, -0.15) is 10.1 Å². The Kier molecular flexibility index (Phi) is 3.80. The largest absolute Gasteiger partial charge is 0.326 e. The second-order valence-electron chi connectivity index (χ2n) is 5.01. The van der Waals surface area contributed by atoms with Gasteiger partial charge in [-0.3, -0.25) is 4.68 Å². The van der Waals surface area contributed by atoms with Crippen molar-refractivity contribution >= 4 is 11.6 Å². The average Bonchev–Trinajstić information content (AvgIpc) is 2.92. The van der Waals surface area contributed by atoms with Gasteiger partial charge in [0.25, 0.3) is 0 Å². The lowest BCUT2D eigenvalue weighted by molar-refractivity contribution is 0.768. The molecule has 3 rings (SSSR count). The zero-order chi connectivity index (χ0) is 15.5. The minimum absolute atomic E-state index is 0.485. The number of aryl methyl sites for hydroxylation is 2. The fraction of sp³-hybridized carbons (Fsp3) is 0.200. The van der Waals surface area contributed by atoms with E-state index >= 15 is 0 Å². The van der Waals surface area contributed by atoms with Crippen LogP contribution in [-0.4, -0.2) is 24.7 Å². The van der Waals surface area contributed by atoms with E-state index < -0.39 is 0 Å². The molecule has 0 spiro atoms. The van der Waals surface area contributed by atoms with Crippen molar-refractivity contribution < 1.29 is 0 Å². The van der Waals surface area contributed by atoms with Crippen molar-refractivity contribution in [3.05, 3.63) is 48.0 Å². The first-order valence-corrected chi connectivity index (χ1v) is 6.90. The number of anilines is 2. The van der Waals surface area contributed by atoms with Gasteiger partial charge in [0.15, 0.2) is 5.82 Å². The van der Waals surface area contributed by atoms with Crippen LogP contribution in [0.15, 0.2) is 36.9 Å². The fourth-order valence-corrected chi connectivity index (χ4v) is 2.17. The van der Waals surface area contributed by atoms with E-state index in [1.807, 2.05) is 38.4 Å². The number of hydrogen-bond acceptors (Lipinski definition) is 6. The highest BCUT2D eigenvalue weighted by Gasteiger charge is 2.07. The van der Waals surface area contributed by atoms with Gasteiger partial charge in [-0.1, -0.05) is 12.1 Å². The summed E-state index contributed by atoms with van der Waals surface area (Å²) in [5, 5.41) is 7.20.